The third-order valence-corrected chi connectivity index (χ3v) is 4.41. The largest absolute Gasteiger partial charge is 0.483 e. The highest BCUT2D eigenvalue weighted by Gasteiger charge is 2.33. The summed E-state index contributed by atoms with van der Waals surface area (Å²) in [7, 11) is 0. The lowest BCUT2D eigenvalue weighted by atomic mass is 9.86. The van der Waals surface area contributed by atoms with E-state index in [0.717, 1.165) is 37.0 Å². The molecule has 122 valence electrons. The zero-order valence-electron chi connectivity index (χ0n) is 13.9. The smallest absolute Gasteiger partial charge is 0.258 e. The molecule has 1 aliphatic rings. The third-order valence-electron chi connectivity index (χ3n) is 4.41. The van der Waals surface area contributed by atoms with Crippen molar-refractivity contribution >= 4 is 5.91 Å². The number of para-hydroxylation sites is 1. The first-order valence-electron chi connectivity index (χ1n) is 8.10. The quantitative estimate of drug-likeness (QED) is 0.879. The first kappa shape index (κ1) is 16.8. The number of benzene rings is 1. The maximum Gasteiger partial charge on any atom is 0.258 e. The van der Waals surface area contributed by atoms with Gasteiger partial charge < -0.3 is 15.8 Å². The molecular weight excluding hydrogens is 276 g/mol. The molecule has 2 rings (SSSR count). The SMILES string of the molecule is CC(C)(C)c1ccccc1OCC(=O)NC1(CN)CCCC1. The van der Waals surface area contributed by atoms with E-state index in [9.17, 15) is 4.79 Å². The molecule has 1 aromatic carbocycles. The lowest BCUT2D eigenvalue weighted by Gasteiger charge is -2.29. The number of rotatable bonds is 5. The van der Waals surface area contributed by atoms with Crippen LogP contribution in [0.2, 0.25) is 0 Å². The van der Waals surface area contributed by atoms with Crippen molar-refractivity contribution in [3.05, 3.63) is 29.8 Å². The molecule has 0 aromatic heterocycles. The van der Waals surface area contributed by atoms with Crippen molar-refractivity contribution in [2.75, 3.05) is 13.2 Å². The Morgan fingerprint density at radius 2 is 1.91 bits per heavy atom. The van der Waals surface area contributed by atoms with Gasteiger partial charge in [0.1, 0.15) is 5.75 Å². The maximum atomic E-state index is 12.2. The van der Waals surface area contributed by atoms with Crippen molar-refractivity contribution in [1.82, 2.24) is 5.32 Å². The van der Waals surface area contributed by atoms with Gasteiger partial charge >= 0.3 is 0 Å². The Morgan fingerprint density at radius 3 is 2.50 bits per heavy atom. The minimum absolute atomic E-state index is 0.0169. The fourth-order valence-electron chi connectivity index (χ4n) is 3.12. The van der Waals surface area contributed by atoms with Crippen molar-refractivity contribution in [3.63, 3.8) is 0 Å². The Balaban J connectivity index is 1.97. The highest BCUT2D eigenvalue weighted by molar-refractivity contribution is 5.78. The Hall–Kier alpha value is -1.55. The molecule has 1 saturated carbocycles. The maximum absolute atomic E-state index is 12.2. The van der Waals surface area contributed by atoms with E-state index < -0.39 is 0 Å². The minimum atomic E-state index is -0.218. The van der Waals surface area contributed by atoms with Gasteiger partial charge in [0.25, 0.3) is 5.91 Å². The summed E-state index contributed by atoms with van der Waals surface area (Å²) in [6, 6.07) is 7.89. The Morgan fingerprint density at radius 1 is 1.27 bits per heavy atom. The number of hydrogen-bond donors (Lipinski definition) is 2. The molecule has 0 atom stereocenters. The highest BCUT2D eigenvalue weighted by Crippen LogP contribution is 2.31. The standard InChI is InChI=1S/C18H28N2O2/c1-17(2,3)14-8-4-5-9-15(14)22-12-16(21)20-18(13-19)10-6-7-11-18/h4-5,8-9H,6-7,10-13,19H2,1-3H3,(H,20,21). The Labute approximate surface area is 133 Å². The van der Waals surface area contributed by atoms with Gasteiger partial charge in [0.05, 0.1) is 5.54 Å². The molecule has 0 aliphatic heterocycles. The fraction of sp³-hybridized carbons (Fsp3) is 0.611. The number of hydrogen-bond acceptors (Lipinski definition) is 3. The monoisotopic (exact) mass is 304 g/mol. The van der Waals surface area contributed by atoms with E-state index in [1.54, 1.807) is 0 Å². The zero-order chi connectivity index (χ0) is 16.2. The first-order valence-corrected chi connectivity index (χ1v) is 8.10. The van der Waals surface area contributed by atoms with Gasteiger partial charge in [0, 0.05) is 6.54 Å². The van der Waals surface area contributed by atoms with Gasteiger partial charge in [0.15, 0.2) is 6.61 Å². The number of nitrogens with two attached hydrogens (primary N) is 1. The molecule has 1 amide bonds. The van der Waals surface area contributed by atoms with Crippen molar-refractivity contribution in [3.8, 4) is 5.75 Å². The van der Waals surface area contributed by atoms with Gasteiger partial charge in [-0.25, -0.2) is 0 Å². The van der Waals surface area contributed by atoms with E-state index in [-0.39, 0.29) is 23.5 Å². The van der Waals surface area contributed by atoms with E-state index in [0.29, 0.717) is 6.54 Å². The van der Waals surface area contributed by atoms with Gasteiger partial charge in [-0.05, 0) is 29.9 Å². The zero-order valence-corrected chi connectivity index (χ0v) is 13.9. The number of carbonyl (C=O) groups is 1. The van der Waals surface area contributed by atoms with Crippen molar-refractivity contribution in [2.45, 2.75) is 57.4 Å². The van der Waals surface area contributed by atoms with Crippen LogP contribution < -0.4 is 15.8 Å². The van der Waals surface area contributed by atoms with Crippen molar-refractivity contribution in [1.29, 1.82) is 0 Å². The van der Waals surface area contributed by atoms with Gasteiger partial charge in [-0.1, -0.05) is 51.8 Å². The van der Waals surface area contributed by atoms with Crippen LogP contribution in [0.3, 0.4) is 0 Å². The van der Waals surface area contributed by atoms with Crippen LogP contribution >= 0.6 is 0 Å². The van der Waals surface area contributed by atoms with Crippen molar-refractivity contribution in [2.24, 2.45) is 5.73 Å². The van der Waals surface area contributed by atoms with Crippen LogP contribution in [-0.4, -0.2) is 24.6 Å². The van der Waals surface area contributed by atoms with Crippen LogP contribution in [0.1, 0.15) is 52.0 Å². The van der Waals surface area contributed by atoms with Crippen LogP contribution in [-0.2, 0) is 10.2 Å². The molecule has 1 fully saturated rings. The molecule has 0 bridgehead atoms. The number of nitrogens with one attached hydrogen (secondary N) is 1. The van der Waals surface area contributed by atoms with Crippen LogP contribution in [0.5, 0.6) is 5.75 Å². The summed E-state index contributed by atoms with van der Waals surface area (Å²) in [5, 5.41) is 3.08. The predicted octanol–water partition coefficient (Wildman–Crippen LogP) is 2.75. The first-order chi connectivity index (χ1) is 10.4. The lowest BCUT2D eigenvalue weighted by Crippen LogP contribution is -2.52. The summed E-state index contributed by atoms with van der Waals surface area (Å²) in [4.78, 5) is 12.2. The fourth-order valence-corrected chi connectivity index (χ4v) is 3.12. The van der Waals surface area contributed by atoms with E-state index >= 15 is 0 Å². The molecule has 22 heavy (non-hydrogen) atoms. The molecular formula is C18H28N2O2. The molecule has 0 radical (unpaired) electrons. The Bertz CT molecular complexity index is 514. The number of carbonyl (C=O) groups excluding carboxylic acids is 1. The molecule has 4 nitrogen and oxygen atoms in total. The molecule has 0 spiro atoms. The summed E-state index contributed by atoms with van der Waals surface area (Å²) < 4.78 is 5.77. The molecule has 1 aliphatic carbocycles. The summed E-state index contributed by atoms with van der Waals surface area (Å²) in [6.07, 6.45) is 4.19. The van der Waals surface area contributed by atoms with Crippen molar-refractivity contribution < 1.29 is 9.53 Å². The molecule has 0 heterocycles. The summed E-state index contributed by atoms with van der Waals surface area (Å²) >= 11 is 0. The normalized spacial score (nSPS) is 17.3. The van der Waals surface area contributed by atoms with Crippen LogP contribution in [0.25, 0.3) is 0 Å². The molecule has 0 saturated heterocycles. The van der Waals surface area contributed by atoms with Gasteiger partial charge in [-0.3, -0.25) is 4.79 Å². The third kappa shape index (κ3) is 4.01. The number of ether oxygens (including phenoxy) is 1. The van der Waals surface area contributed by atoms with Gasteiger partial charge in [-0.2, -0.15) is 0 Å². The summed E-state index contributed by atoms with van der Waals surface area (Å²) in [6.45, 7) is 6.94. The summed E-state index contributed by atoms with van der Waals surface area (Å²) in [5.74, 6) is 0.689. The molecule has 1 aromatic rings. The molecule has 3 N–H and O–H groups in total. The second-order valence-electron chi connectivity index (χ2n) is 7.27. The van der Waals surface area contributed by atoms with E-state index in [1.807, 2.05) is 24.3 Å². The predicted molar refractivity (Wildman–Crippen MR) is 89.0 cm³/mol. The van der Waals surface area contributed by atoms with Gasteiger partial charge in [0.2, 0.25) is 0 Å². The van der Waals surface area contributed by atoms with Gasteiger partial charge in [-0.15, -0.1) is 0 Å². The second-order valence-corrected chi connectivity index (χ2v) is 7.27. The average Bonchev–Trinajstić information content (AvgIpc) is 2.93. The van der Waals surface area contributed by atoms with E-state index in [1.165, 1.54) is 0 Å². The van der Waals surface area contributed by atoms with Crippen LogP contribution in [0, 0.1) is 0 Å². The highest BCUT2D eigenvalue weighted by atomic mass is 16.5. The van der Waals surface area contributed by atoms with Crippen LogP contribution in [0.15, 0.2) is 24.3 Å². The summed E-state index contributed by atoms with van der Waals surface area (Å²) in [5.41, 5.74) is 6.72. The van der Waals surface area contributed by atoms with E-state index in [2.05, 4.69) is 26.1 Å². The Kier molecular flexibility index (Phi) is 5.12. The second kappa shape index (κ2) is 6.69. The van der Waals surface area contributed by atoms with E-state index in [4.69, 9.17) is 10.5 Å². The lowest BCUT2D eigenvalue weighted by molar-refractivity contribution is -0.125. The minimum Gasteiger partial charge on any atom is -0.483 e. The molecule has 4 heteroatoms. The average molecular weight is 304 g/mol. The molecule has 0 unspecified atom stereocenters. The van der Waals surface area contributed by atoms with Crippen LogP contribution in [0.4, 0.5) is 0 Å². The number of amides is 1. The topological polar surface area (TPSA) is 64.3 Å².